The highest BCUT2D eigenvalue weighted by Crippen LogP contribution is 2.39. The maximum absolute atomic E-state index is 10.6. The van der Waals surface area contributed by atoms with Crippen molar-refractivity contribution in [3.05, 3.63) is 0 Å². The van der Waals surface area contributed by atoms with E-state index in [1.807, 2.05) is 0 Å². The minimum absolute atomic E-state index is 0.744. The van der Waals surface area contributed by atoms with Crippen molar-refractivity contribution in [1.82, 2.24) is 0 Å². The lowest BCUT2D eigenvalue weighted by Gasteiger charge is -2.38. The first kappa shape index (κ1) is 27.9. The van der Waals surface area contributed by atoms with Crippen molar-refractivity contribution in [3.8, 4) is 0 Å². The minimum atomic E-state index is -2.61. The van der Waals surface area contributed by atoms with E-state index in [4.69, 9.17) is 23.7 Å². The zero-order chi connectivity index (χ0) is 25.5. The van der Waals surface area contributed by atoms with Gasteiger partial charge < -0.3 is 79.9 Å². The first-order chi connectivity index (χ1) is 15.9. The van der Waals surface area contributed by atoms with Gasteiger partial charge in [0.2, 0.25) is 17.4 Å². The van der Waals surface area contributed by atoms with Gasteiger partial charge in [-0.05, 0) is 0 Å². The Labute approximate surface area is 192 Å². The Bertz CT molecular complexity index is 684. The normalized spacial score (nSPS) is 51.4. The minimum Gasteiger partial charge on any atom is -0.394 e. The van der Waals surface area contributed by atoms with E-state index < -0.39 is 112 Å². The largest absolute Gasteiger partial charge is 0.394 e. The molecule has 3 heterocycles. The fourth-order valence-corrected chi connectivity index (χ4v) is 4.17. The molecule has 0 aromatic carbocycles. The SMILES string of the molecule is OC[C@H]1O[C@@](CO)(OC[C@@]2(OC[C@]3(O)O[C@H](CO)[C@@H](O)[C@@H]3O)O[C@H](CO)[C@@H](O)[C@@H]2O)[C@@H](O)[C@@H]1O. The van der Waals surface area contributed by atoms with Crippen LogP contribution < -0.4 is 0 Å². The third-order valence-electron chi connectivity index (χ3n) is 6.34. The van der Waals surface area contributed by atoms with Crippen molar-refractivity contribution in [2.45, 2.75) is 72.3 Å². The summed E-state index contributed by atoms with van der Waals surface area (Å²) in [5.41, 5.74) is 0. The summed E-state index contributed by atoms with van der Waals surface area (Å²) in [6.45, 7) is -5.33. The highest BCUT2D eigenvalue weighted by atomic mass is 16.8. The lowest BCUT2D eigenvalue weighted by atomic mass is 10.0. The fourth-order valence-electron chi connectivity index (χ4n) is 4.17. The molecular formula is C18H32O16. The van der Waals surface area contributed by atoms with Gasteiger partial charge in [0.05, 0.1) is 19.8 Å². The summed E-state index contributed by atoms with van der Waals surface area (Å²) in [5, 5.41) is 109. The van der Waals surface area contributed by atoms with Crippen molar-refractivity contribution >= 4 is 0 Å². The summed E-state index contributed by atoms with van der Waals surface area (Å²) in [6, 6.07) is 0. The molecule has 3 rings (SSSR count). The van der Waals surface area contributed by atoms with Crippen LogP contribution >= 0.6 is 0 Å². The molecule has 0 radical (unpaired) electrons. The summed E-state index contributed by atoms with van der Waals surface area (Å²) in [7, 11) is 0. The molecule has 0 saturated carbocycles. The summed E-state index contributed by atoms with van der Waals surface area (Å²) >= 11 is 0. The van der Waals surface area contributed by atoms with Crippen molar-refractivity contribution in [2.24, 2.45) is 0 Å². The highest BCUT2D eigenvalue weighted by molar-refractivity contribution is 5.02. The maximum atomic E-state index is 10.6. The molecular weight excluding hydrogens is 472 g/mol. The molecule has 200 valence electrons. The van der Waals surface area contributed by atoms with Crippen LogP contribution in [0.25, 0.3) is 0 Å². The molecule has 3 aliphatic heterocycles. The van der Waals surface area contributed by atoms with Gasteiger partial charge in [0, 0.05) is 0 Å². The van der Waals surface area contributed by atoms with Crippen LogP contribution in [0.2, 0.25) is 0 Å². The lowest BCUT2D eigenvalue weighted by molar-refractivity contribution is -0.359. The molecule has 3 aliphatic rings. The molecule has 0 aliphatic carbocycles. The first-order valence-electron chi connectivity index (χ1n) is 10.5. The van der Waals surface area contributed by atoms with Crippen molar-refractivity contribution < 1.29 is 79.9 Å². The van der Waals surface area contributed by atoms with Crippen LogP contribution in [0, 0.1) is 0 Å². The van der Waals surface area contributed by atoms with Gasteiger partial charge in [0.1, 0.15) is 74.8 Å². The molecule has 3 saturated heterocycles. The Hall–Kier alpha value is -0.640. The van der Waals surface area contributed by atoms with E-state index in [-0.39, 0.29) is 0 Å². The Balaban J connectivity index is 1.82. The third kappa shape index (κ3) is 4.59. The fraction of sp³-hybridized carbons (Fsp3) is 1.00. The maximum Gasteiger partial charge on any atom is 0.222 e. The van der Waals surface area contributed by atoms with Crippen LogP contribution in [0.1, 0.15) is 0 Å². The molecule has 0 amide bonds. The van der Waals surface area contributed by atoms with E-state index in [1.54, 1.807) is 0 Å². The first-order valence-corrected chi connectivity index (χ1v) is 10.5. The Morgan fingerprint density at radius 3 is 1.41 bits per heavy atom. The van der Waals surface area contributed by atoms with E-state index >= 15 is 0 Å². The summed E-state index contributed by atoms with van der Waals surface area (Å²) < 4.78 is 26.6. The molecule has 12 atom stereocenters. The van der Waals surface area contributed by atoms with E-state index in [0.717, 1.165) is 0 Å². The van der Waals surface area contributed by atoms with Gasteiger partial charge in [-0.2, -0.15) is 0 Å². The van der Waals surface area contributed by atoms with Gasteiger partial charge in [0.15, 0.2) is 0 Å². The molecule has 3 fully saturated rings. The average Bonchev–Trinajstić information content (AvgIpc) is 3.33. The van der Waals surface area contributed by atoms with E-state index in [9.17, 15) is 56.2 Å². The summed E-state index contributed by atoms with van der Waals surface area (Å²) in [6.07, 6.45) is -15.1. The number of hydrogen-bond acceptors (Lipinski definition) is 16. The van der Waals surface area contributed by atoms with Crippen LogP contribution in [0.15, 0.2) is 0 Å². The second kappa shape index (κ2) is 10.4. The van der Waals surface area contributed by atoms with Crippen molar-refractivity contribution in [2.75, 3.05) is 39.6 Å². The topological polar surface area (TPSA) is 269 Å². The Morgan fingerprint density at radius 1 is 0.559 bits per heavy atom. The number of aliphatic hydroxyl groups is 11. The van der Waals surface area contributed by atoms with Gasteiger partial charge >= 0.3 is 0 Å². The number of hydrogen-bond donors (Lipinski definition) is 11. The van der Waals surface area contributed by atoms with Crippen LogP contribution in [0.5, 0.6) is 0 Å². The molecule has 0 spiro atoms. The lowest BCUT2D eigenvalue weighted by Crippen LogP contribution is -2.57. The number of aliphatic hydroxyl groups excluding tert-OH is 10. The smallest absolute Gasteiger partial charge is 0.222 e. The Kier molecular flexibility index (Phi) is 8.53. The molecule has 11 N–H and O–H groups in total. The van der Waals surface area contributed by atoms with Gasteiger partial charge in [-0.1, -0.05) is 0 Å². The molecule has 0 aromatic rings. The standard InChI is InChI=1S/C18H32O16/c19-1-7-10(23)13(26)16(29,32-7)5-30-18(15(28)12(25)9(3-21)34-18)6-31-17(4-22)14(27)11(24)8(2-20)33-17/h7-15,19-29H,1-6H2/t7-,8-,9-,10-,11-,12-,13+,14+,15+,16+,17-,18-/m1/s1. The summed E-state index contributed by atoms with van der Waals surface area (Å²) in [5.74, 6) is -7.37. The highest BCUT2D eigenvalue weighted by Gasteiger charge is 2.62. The monoisotopic (exact) mass is 504 g/mol. The predicted molar refractivity (Wildman–Crippen MR) is 101 cm³/mol. The number of ether oxygens (including phenoxy) is 5. The van der Waals surface area contributed by atoms with Gasteiger partial charge in [-0.3, -0.25) is 0 Å². The zero-order valence-corrected chi connectivity index (χ0v) is 17.9. The predicted octanol–water partition coefficient (Wildman–Crippen LogP) is -7.57. The van der Waals surface area contributed by atoms with Gasteiger partial charge in [0.25, 0.3) is 0 Å². The van der Waals surface area contributed by atoms with Crippen molar-refractivity contribution in [3.63, 3.8) is 0 Å². The molecule has 16 nitrogen and oxygen atoms in total. The second-order valence-electron chi connectivity index (χ2n) is 8.53. The average molecular weight is 504 g/mol. The molecule has 0 aromatic heterocycles. The molecule has 16 heteroatoms. The van der Waals surface area contributed by atoms with E-state index in [0.29, 0.717) is 0 Å². The molecule has 0 unspecified atom stereocenters. The third-order valence-corrected chi connectivity index (χ3v) is 6.34. The zero-order valence-electron chi connectivity index (χ0n) is 17.9. The van der Waals surface area contributed by atoms with Crippen LogP contribution in [0.4, 0.5) is 0 Å². The summed E-state index contributed by atoms with van der Waals surface area (Å²) in [4.78, 5) is 0. The van der Waals surface area contributed by atoms with Crippen LogP contribution in [0.3, 0.4) is 0 Å². The van der Waals surface area contributed by atoms with Crippen LogP contribution in [-0.2, 0) is 23.7 Å². The molecule has 0 bridgehead atoms. The Morgan fingerprint density at radius 2 is 0.971 bits per heavy atom. The quantitative estimate of drug-likeness (QED) is 0.132. The second-order valence-corrected chi connectivity index (χ2v) is 8.53. The van der Waals surface area contributed by atoms with Gasteiger partial charge in [-0.25, -0.2) is 0 Å². The number of rotatable bonds is 10. The van der Waals surface area contributed by atoms with Gasteiger partial charge in [-0.15, -0.1) is 0 Å². The van der Waals surface area contributed by atoms with Crippen LogP contribution in [-0.4, -0.2) is 168 Å². The van der Waals surface area contributed by atoms with E-state index in [2.05, 4.69) is 0 Å². The molecule has 34 heavy (non-hydrogen) atoms. The van der Waals surface area contributed by atoms with Crippen molar-refractivity contribution in [1.29, 1.82) is 0 Å². The van der Waals surface area contributed by atoms with E-state index in [1.165, 1.54) is 0 Å².